The molecule has 1 heterocycles. The van der Waals surface area contributed by atoms with Crippen LogP contribution in [0.25, 0.3) is 0 Å². The molecule has 0 bridgehead atoms. The highest BCUT2D eigenvalue weighted by Gasteiger charge is 2.07. The van der Waals surface area contributed by atoms with Crippen molar-refractivity contribution in [2.75, 3.05) is 6.54 Å². The standard InChI is InChI=1S/C11H19N3OS/c1-7(12)6-11(15)13-5-4-10-8(2)14-9(3)16-10/h7H,4-6,12H2,1-3H3,(H,13,15). The maximum absolute atomic E-state index is 11.3. The number of aromatic nitrogens is 1. The lowest BCUT2D eigenvalue weighted by molar-refractivity contribution is -0.121. The largest absolute Gasteiger partial charge is 0.356 e. The summed E-state index contributed by atoms with van der Waals surface area (Å²) in [4.78, 5) is 16.9. The topological polar surface area (TPSA) is 68.0 Å². The zero-order valence-electron chi connectivity index (χ0n) is 10.0. The molecule has 16 heavy (non-hydrogen) atoms. The number of nitrogens with one attached hydrogen (secondary N) is 1. The van der Waals surface area contributed by atoms with E-state index in [0.717, 1.165) is 17.1 Å². The molecule has 1 amide bonds. The molecule has 1 unspecified atom stereocenters. The van der Waals surface area contributed by atoms with E-state index in [0.29, 0.717) is 13.0 Å². The minimum atomic E-state index is -0.0765. The van der Waals surface area contributed by atoms with Gasteiger partial charge < -0.3 is 11.1 Å². The van der Waals surface area contributed by atoms with E-state index in [-0.39, 0.29) is 11.9 Å². The van der Waals surface area contributed by atoms with Crippen molar-refractivity contribution in [1.29, 1.82) is 0 Å². The van der Waals surface area contributed by atoms with Crippen molar-refractivity contribution in [2.24, 2.45) is 5.73 Å². The summed E-state index contributed by atoms with van der Waals surface area (Å²) in [6.45, 7) is 6.49. The fourth-order valence-electron chi connectivity index (χ4n) is 1.49. The number of hydrogen-bond acceptors (Lipinski definition) is 4. The van der Waals surface area contributed by atoms with Crippen LogP contribution in [0.4, 0.5) is 0 Å². The summed E-state index contributed by atoms with van der Waals surface area (Å²) in [5.41, 5.74) is 6.61. The summed E-state index contributed by atoms with van der Waals surface area (Å²) in [5.74, 6) is 0.0221. The van der Waals surface area contributed by atoms with E-state index >= 15 is 0 Å². The summed E-state index contributed by atoms with van der Waals surface area (Å²) >= 11 is 1.69. The Kier molecular flexibility index (Phi) is 4.89. The van der Waals surface area contributed by atoms with E-state index < -0.39 is 0 Å². The third kappa shape index (κ3) is 4.28. The third-order valence-electron chi connectivity index (χ3n) is 2.18. The van der Waals surface area contributed by atoms with E-state index in [9.17, 15) is 4.79 Å². The van der Waals surface area contributed by atoms with E-state index in [4.69, 9.17) is 5.73 Å². The van der Waals surface area contributed by atoms with Crippen molar-refractivity contribution < 1.29 is 4.79 Å². The molecule has 0 aromatic carbocycles. The number of carbonyl (C=O) groups excluding carboxylic acids is 1. The van der Waals surface area contributed by atoms with Crippen LogP contribution in [0.2, 0.25) is 0 Å². The molecule has 5 heteroatoms. The van der Waals surface area contributed by atoms with Crippen LogP contribution in [-0.2, 0) is 11.2 Å². The molecule has 4 nitrogen and oxygen atoms in total. The molecule has 3 N–H and O–H groups in total. The number of rotatable bonds is 5. The molecule has 0 radical (unpaired) electrons. The zero-order valence-corrected chi connectivity index (χ0v) is 10.9. The number of thiazole rings is 1. The third-order valence-corrected chi connectivity index (χ3v) is 3.31. The molecule has 0 saturated carbocycles. The van der Waals surface area contributed by atoms with Crippen LogP contribution in [0.1, 0.15) is 28.9 Å². The second-order valence-electron chi connectivity index (χ2n) is 4.02. The summed E-state index contributed by atoms with van der Waals surface area (Å²) in [6.07, 6.45) is 1.24. The highest BCUT2D eigenvalue weighted by atomic mass is 32.1. The first kappa shape index (κ1) is 13.1. The van der Waals surface area contributed by atoms with Crippen LogP contribution in [-0.4, -0.2) is 23.5 Å². The monoisotopic (exact) mass is 241 g/mol. The van der Waals surface area contributed by atoms with Crippen molar-refractivity contribution in [1.82, 2.24) is 10.3 Å². The van der Waals surface area contributed by atoms with Crippen LogP contribution >= 0.6 is 11.3 Å². The second kappa shape index (κ2) is 5.96. The Morgan fingerprint density at radius 1 is 1.56 bits per heavy atom. The molecule has 0 aliphatic heterocycles. The fourth-order valence-corrected chi connectivity index (χ4v) is 2.42. The Morgan fingerprint density at radius 2 is 2.25 bits per heavy atom. The molecule has 0 fully saturated rings. The molecule has 1 aromatic rings. The maximum Gasteiger partial charge on any atom is 0.221 e. The maximum atomic E-state index is 11.3. The van der Waals surface area contributed by atoms with Gasteiger partial charge >= 0.3 is 0 Å². The van der Waals surface area contributed by atoms with Crippen LogP contribution < -0.4 is 11.1 Å². The van der Waals surface area contributed by atoms with E-state index in [1.54, 1.807) is 11.3 Å². The Hall–Kier alpha value is -0.940. The van der Waals surface area contributed by atoms with Crippen LogP contribution in [0.3, 0.4) is 0 Å². The van der Waals surface area contributed by atoms with Gasteiger partial charge in [0, 0.05) is 30.3 Å². The molecule has 0 saturated heterocycles. The quantitative estimate of drug-likeness (QED) is 0.812. The molecule has 1 atom stereocenters. The van der Waals surface area contributed by atoms with Gasteiger partial charge in [-0.05, 0) is 20.8 Å². The number of hydrogen-bond donors (Lipinski definition) is 2. The van der Waals surface area contributed by atoms with Gasteiger partial charge in [-0.2, -0.15) is 0 Å². The molecule has 1 aromatic heterocycles. The smallest absolute Gasteiger partial charge is 0.221 e. The minimum Gasteiger partial charge on any atom is -0.356 e. The molecule has 90 valence electrons. The van der Waals surface area contributed by atoms with Gasteiger partial charge in [-0.15, -0.1) is 11.3 Å². The number of carbonyl (C=O) groups is 1. The summed E-state index contributed by atoms with van der Waals surface area (Å²) < 4.78 is 0. The van der Waals surface area contributed by atoms with E-state index in [2.05, 4.69) is 10.3 Å². The lowest BCUT2D eigenvalue weighted by Crippen LogP contribution is -2.31. The van der Waals surface area contributed by atoms with Crippen molar-refractivity contribution >= 4 is 17.2 Å². The minimum absolute atomic E-state index is 0.0221. The van der Waals surface area contributed by atoms with Crippen molar-refractivity contribution in [3.8, 4) is 0 Å². The number of nitrogens with zero attached hydrogens (tertiary/aromatic N) is 1. The summed E-state index contributed by atoms with van der Waals surface area (Å²) in [6, 6.07) is -0.0765. The van der Waals surface area contributed by atoms with Gasteiger partial charge in [0.15, 0.2) is 0 Å². The van der Waals surface area contributed by atoms with Crippen molar-refractivity contribution in [2.45, 2.75) is 39.7 Å². The van der Waals surface area contributed by atoms with Gasteiger partial charge in [0.1, 0.15) is 0 Å². The van der Waals surface area contributed by atoms with Gasteiger partial charge in [0.05, 0.1) is 10.7 Å². The molecular formula is C11H19N3OS. The zero-order chi connectivity index (χ0) is 12.1. The van der Waals surface area contributed by atoms with Gasteiger partial charge in [0.25, 0.3) is 0 Å². The van der Waals surface area contributed by atoms with Gasteiger partial charge in [-0.1, -0.05) is 0 Å². The number of nitrogens with two attached hydrogens (primary N) is 1. The Bertz CT molecular complexity index is 360. The predicted octanol–water partition coefficient (Wildman–Crippen LogP) is 1.16. The average molecular weight is 241 g/mol. The lowest BCUT2D eigenvalue weighted by atomic mass is 10.2. The lowest BCUT2D eigenvalue weighted by Gasteiger charge is -2.06. The van der Waals surface area contributed by atoms with Gasteiger partial charge in [0.2, 0.25) is 5.91 Å². The van der Waals surface area contributed by atoms with Crippen molar-refractivity contribution in [3.63, 3.8) is 0 Å². The fraction of sp³-hybridized carbons (Fsp3) is 0.636. The summed E-state index contributed by atoms with van der Waals surface area (Å²) in [7, 11) is 0. The highest BCUT2D eigenvalue weighted by Crippen LogP contribution is 2.16. The molecular weight excluding hydrogens is 222 g/mol. The number of aryl methyl sites for hydroxylation is 2. The van der Waals surface area contributed by atoms with Crippen LogP contribution in [0.5, 0.6) is 0 Å². The Balaban J connectivity index is 2.30. The molecule has 1 rings (SSSR count). The normalized spacial score (nSPS) is 12.5. The molecule has 0 aliphatic carbocycles. The molecule has 0 spiro atoms. The Morgan fingerprint density at radius 3 is 2.75 bits per heavy atom. The first-order valence-corrected chi connectivity index (χ1v) is 6.26. The molecule has 0 aliphatic rings. The summed E-state index contributed by atoms with van der Waals surface area (Å²) in [5, 5.41) is 3.94. The number of amides is 1. The van der Waals surface area contributed by atoms with E-state index in [1.807, 2.05) is 20.8 Å². The van der Waals surface area contributed by atoms with Crippen molar-refractivity contribution in [3.05, 3.63) is 15.6 Å². The van der Waals surface area contributed by atoms with E-state index in [1.165, 1.54) is 4.88 Å². The van der Waals surface area contributed by atoms with Crippen LogP contribution in [0, 0.1) is 13.8 Å². The second-order valence-corrected chi connectivity index (χ2v) is 5.31. The predicted molar refractivity (Wildman–Crippen MR) is 66.6 cm³/mol. The highest BCUT2D eigenvalue weighted by molar-refractivity contribution is 7.11. The van der Waals surface area contributed by atoms with Crippen LogP contribution in [0.15, 0.2) is 0 Å². The Labute approximate surface area is 100 Å². The average Bonchev–Trinajstić information content (AvgIpc) is 2.44. The SMILES string of the molecule is Cc1nc(C)c(CCNC(=O)CC(C)N)s1. The van der Waals surface area contributed by atoms with Gasteiger partial charge in [-0.25, -0.2) is 4.98 Å². The first-order chi connectivity index (χ1) is 7.49. The van der Waals surface area contributed by atoms with Gasteiger partial charge in [-0.3, -0.25) is 4.79 Å². The first-order valence-electron chi connectivity index (χ1n) is 5.44.